The van der Waals surface area contributed by atoms with Crippen molar-refractivity contribution in [2.45, 2.75) is 13.8 Å². The lowest BCUT2D eigenvalue weighted by Crippen LogP contribution is -2.03. The summed E-state index contributed by atoms with van der Waals surface area (Å²) in [4.78, 5) is 26.5. The Bertz CT molecular complexity index is 696. The van der Waals surface area contributed by atoms with Gasteiger partial charge in [-0.15, -0.1) is 11.3 Å². The van der Waals surface area contributed by atoms with E-state index in [1.165, 1.54) is 17.4 Å². The fourth-order valence-electron chi connectivity index (χ4n) is 1.67. The van der Waals surface area contributed by atoms with Crippen LogP contribution < -0.4 is 5.32 Å². The summed E-state index contributed by atoms with van der Waals surface area (Å²) in [7, 11) is 0. The van der Waals surface area contributed by atoms with E-state index in [1.807, 2.05) is 6.92 Å². The Balaban J connectivity index is 2.50. The molecule has 0 aliphatic carbocycles. The Morgan fingerprint density at radius 3 is 2.65 bits per heavy atom. The van der Waals surface area contributed by atoms with E-state index < -0.39 is 10.9 Å². The molecule has 0 aliphatic heterocycles. The van der Waals surface area contributed by atoms with E-state index in [-0.39, 0.29) is 11.3 Å². The number of hydrogen-bond acceptors (Lipinski definition) is 6. The van der Waals surface area contributed by atoms with Gasteiger partial charge in [-0.2, -0.15) is 0 Å². The summed E-state index contributed by atoms with van der Waals surface area (Å²) < 4.78 is 0. The number of nitro benzene ring substituents is 1. The van der Waals surface area contributed by atoms with E-state index in [1.54, 1.807) is 13.1 Å². The molecule has 7 nitrogen and oxygen atoms in total. The second-order valence-corrected chi connectivity index (χ2v) is 5.37. The third kappa shape index (κ3) is 2.75. The summed E-state index contributed by atoms with van der Waals surface area (Å²) >= 11 is 1.38. The molecule has 0 fully saturated rings. The maximum Gasteiger partial charge on any atom is 0.336 e. The van der Waals surface area contributed by atoms with Gasteiger partial charge in [0.15, 0.2) is 5.13 Å². The lowest BCUT2D eigenvalue weighted by molar-refractivity contribution is -0.385. The normalized spacial score (nSPS) is 10.3. The van der Waals surface area contributed by atoms with Crippen LogP contribution in [0.3, 0.4) is 0 Å². The van der Waals surface area contributed by atoms with Crippen molar-refractivity contribution in [2.75, 3.05) is 5.32 Å². The van der Waals surface area contributed by atoms with E-state index in [2.05, 4.69) is 10.3 Å². The van der Waals surface area contributed by atoms with Gasteiger partial charge in [-0.3, -0.25) is 10.1 Å². The molecule has 0 spiro atoms. The number of hydrogen-bond donors (Lipinski definition) is 2. The molecular formula is C12H11N3O4S. The van der Waals surface area contributed by atoms with E-state index >= 15 is 0 Å². The first kappa shape index (κ1) is 13.9. The van der Waals surface area contributed by atoms with Crippen LogP contribution in [0.5, 0.6) is 0 Å². The van der Waals surface area contributed by atoms with Crippen LogP contribution in [-0.2, 0) is 0 Å². The Kier molecular flexibility index (Phi) is 3.66. The van der Waals surface area contributed by atoms with Crippen LogP contribution in [0.25, 0.3) is 0 Å². The van der Waals surface area contributed by atoms with Gasteiger partial charge in [0, 0.05) is 17.1 Å². The van der Waals surface area contributed by atoms with Crippen LogP contribution in [0.4, 0.5) is 16.5 Å². The molecule has 104 valence electrons. The van der Waals surface area contributed by atoms with Crippen molar-refractivity contribution in [3.63, 3.8) is 0 Å². The van der Waals surface area contributed by atoms with Crippen molar-refractivity contribution in [3.05, 3.63) is 44.4 Å². The average Bonchev–Trinajstić information content (AvgIpc) is 2.76. The molecule has 1 aromatic heterocycles. The monoisotopic (exact) mass is 293 g/mol. The highest BCUT2D eigenvalue weighted by Crippen LogP contribution is 2.31. The molecule has 2 aromatic rings. The van der Waals surface area contributed by atoms with Gasteiger partial charge in [0.05, 0.1) is 21.7 Å². The molecule has 0 saturated carbocycles. The van der Waals surface area contributed by atoms with Crippen molar-refractivity contribution < 1.29 is 14.8 Å². The van der Waals surface area contributed by atoms with Crippen molar-refractivity contribution in [2.24, 2.45) is 0 Å². The van der Waals surface area contributed by atoms with Gasteiger partial charge in [-0.05, 0) is 19.9 Å². The van der Waals surface area contributed by atoms with Crippen LogP contribution >= 0.6 is 11.3 Å². The zero-order chi connectivity index (χ0) is 14.9. The minimum absolute atomic E-state index is 0.141. The van der Waals surface area contributed by atoms with Crippen LogP contribution in [0.2, 0.25) is 0 Å². The van der Waals surface area contributed by atoms with E-state index in [9.17, 15) is 14.9 Å². The summed E-state index contributed by atoms with van der Waals surface area (Å²) in [6, 6.07) is 2.41. The minimum Gasteiger partial charge on any atom is -0.478 e. The highest BCUT2D eigenvalue weighted by atomic mass is 32.1. The second kappa shape index (κ2) is 5.25. The topological polar surface area (TPSA) is 105 Å². The number of thiazole rings is 1. The van der Waals surface area contributed by atoms with E-state index in [0.717, 1.165) is 10.9 Å². The Hall–Kier alpha value is -2.48. The fraction of sp³-hybridized carbons (Fsp3) is 0.167. The quantitative estimate of drug-likeness (QED) is 0.662. The first-order chi connectivity index (χ1) is 9.38. The van der Waals surface area contributed by atoms with Gasteiger partial charge in [0.25, 0.3) is 5.69 Å². The summed E-state index contributed by atoms with van der Waals surface area (Å²) in [6.07, 6.45) is 1.66. The van der Waals surface area contributed by atoms with Crippen molar-refractivity contribution in [3.8, 4) is 0 Å². The Labute approximate surface area is 118 Å². The number of aromatic nitrogens is 1. The second-order valence-electron chi connectivity index (χ2n) is 4.13. The first-order valence-corrected chi connectivity index (χ1v) is 6.42. The van der Waals surface area contributed by atoms with Gasteiger partial charge in [-0.1, -0.05) is 0 Å². The summed E-state index contributed by atoms with van der Waals surface area (Å²) in [6.45, 7) is 3.44. The largest absolute Gasteiger partial charge is 0.478 e. The van der Waals surface area contributed by atoms with Gasteiger partial charge < -0.3 is 10.4 Å². The van der Waals surface area contributed by atoms with E-state index in [4.69, 9.17) is 5.11 Å². The van der Waals surface area contributed by atoms with Crippen LogP contribution in [0.1, 0.15) is 20.8 Å². The predicted molar refractivity (Wildman–Crippen MR) is 74.9 cm³/mol. The zero-order valence-electron chi connectivity index (χ0n) is 10.7. The van der Waals surface area contributed by atoms with Gasteiger partial charge in [-0.25, -0.2) is 9.78 Å². The van der Waals surface area contributed by atoms with E-state index in [0.29, 0.717) is 16.4 Å². The first-order valence-electron chi connectivity index (χ1n) is 5.60. The number of aromatic carboxylic acids is 1. The lowest BCUT2D eigenvalue weighted by atomic mass is 10.1. The molecule has 2 rings (SSSR count). The maximum absolute atomic E-state index is 11.0. The van der Waals surface area contributed by atoms with Gasteiger partial charge in [0.2, 0.25) is 0 Å². The molecular weight excluding hydrogens is 282 g/mol. The number of carboxylic acid groups (broad SMARTS) is 1. The standard InChI is InChI=1S/C12H11N3O4S/c1-6-5-13-12(20-6)14-9-3-8(11(16)17)4-10(7(9)2)15(18)19/h3-5H,1-2H3,(H,13,14)(H,16,17). The van der Waals surface area contributed by atoms with Crippen molar-refractivity contribution in [1.29, 1.82) is 0 Å². The summed E-state index contributed by atoms with van der Waals surface area (Å²) in [5.74, 6) is -1.22. The Morgan fingerprint density at radius 2 is 2.15 bits per heavy atom. The number of benzene rings is 1. The van der Waals surface area contributed by atoms with Crippen molar-refractivity contribution in [1.82, 2.24) is 4.98 Å². The number of aryl methyl sites for hydroxylation is 1. The fourth-order valence-corrected chi connectivity index (χ4v) is 2.35. The number of nitrogens with one attached hydrogen (secondary N) is 1. The average molecular weight is 293 g/mol. The molecule has 2 N–H and O–H groups in total. The number of carboxylic acids is 1. The van der Waals surface area contributed by atoms with Gasteiger partial charge >= 0.3 is 5.97 Å². The number of rotatable bonds is 4. The van der Waals surface area contributed by atoms with Crippen LogP contribution in [-0.4, -0.2) is 21.0 Å². The summed E-state index contributed by atoms with van der Waals surface area (Å²) in [5, 5.41) is 23.5. The lowest BCUT2D eigenvalue weighted by Gasteiger charge is -2.08. The molecule has 0 amide bonds. The maximum atomic E-state index is 11.0. The smallest absolute Gasteiger partial charge is 0.336 e. The third-order valence-electron chi connectivity index (χ3n) is 2.69. The number of nitro groups is 1. The third-order valence-corrected chi connectivity index (χ3v) is 3.52. The molecule has 20 heavy (non-hydrogen) atoms. The molecule has 1 heterocycles. The molecule has 0 unspecified atom stereocenters. The molecule has 0 saturated heterocycles. The highest BCUT2D eigenvalue weighted by Gasteiger charge is 2.19. The minimum atomic E-state index is -1.22. The van der Waals surface area contributed by atoms with Gasteiger partial charge in [0.1, 0.15) is 0 Å². The molecule has 0 bridgehead atoms. The van der Waals surface area contributed by atoms with Crippen LogP contribution in [0, 0.1) is 24.0 Å². The number of anilines is 2. The molecule has 1 aromatic carbocycles. The van der Waals surface area contributed by atoms with Crippen molar-refractivity contribution >= 4 is 33.8 Å². The molecule has 0 atom stereocenters. The number of nitrogens with zero attached hydrogens (tertiary/aromatic N) is 2. The Morgan fingerprint density at radius 1 is 1.45 bits per heavy atom. The van der Waals surface area contributed by atoms with Crippen LogP contribution in [0.15, 0.2) is 18.3 Å². The predicted octanol–water partition coefficient (Wildman–Crippen LogP) is 3.11. The molecule has 0 radical (unpaired) electrons. The molecule has 8 heteroatoms. The summed E-state index contributed by atoms with van der Waals surface area (Å²) in [5.41, 5.74) is 0.359. The zero-order valence-corrected chi connectivity index (χ0v) is 11.5. The SMILES string of the molecule is Cc1cnc(Nc2cc(C(=O)O)cc([N+](=O)[O-])c2C)s1. The number of carbonyl (C=O) groups is 1. The molecule has 0 aliphatic rings. The highest BCUT2D eigenvalue weighted by molar-refractivity contribution is 7.15.